The van der Waals surface area contributed by atoms with E-state index in [4.69, 9.17) is 4.42 Å². The van der Waals surface area contributed by atoms with Crippen molar-refractivity contribution >= 4 is 12.6 Å². The number of furan rings is 1. The SMILES string of the molecule is SCCCNCc1ccco1. The Bertz CT molecular complexity index is 174. The summed E-state index contributed by atoms with van der Waals surface area (Å²) in [6, 6.07) is 3.86. The van der Waals surface area contributed by atoms with Gasteiger partial charge in [-0.25, -0.2) is 0 Å². The summed E-state index contributed by atoms with van der Waals surface area (Å²) in [7, 11) is 0. The summed E-state index contributed by atoms with van der Waals surface area (Å²) in [5, 5.41) is 3.25. The summed E-state index contributed by atoms with van der Waals surface area (Å²) in [5.74, 6) is 1.93. The number of thiol groups is 1. The molecule has 11 heavy (non-hydrogen) atoms. The lowest BCUT2D eigenvalue weighted by Crippen LogP contribution is -2.14. The molecule has 1 aromatic rings. The Kier molecular flexibility index (Phi) is 4.16. The third-order valence-electron chi connectivity index (χ3n) is 1.39. The van der Waals surface area contributed by atoms with Crippen molar-refractivity contribution in [2.45, 2.75) is 13.0 Å². The minimum Gasteiger partial charge on any atom is -0.468 e. The highest BCUT2D eigenvalue weighted by molar-refractivity contribution is 7.80. The standard InChI is InChI=1S/C8H13NOS/c11-6-2-4-9-7-8-3-1-5-10-8/h1,3,5,9,11H,2,4,6-7H2. The van der Waals surface area contributed by atoms with Gasteiger partial charge in [-0.1, -0.05) is 0 Å². The molecule has 0 atom stereocenters. The molecular weight excluding hydrogens is 158 g/mol. The highest BCUT2D eigenvalue weighted by Crippen LogP contribution is 1.98. The van der Waals surface area contributed by atoms with E-state index in [1.807, 2.05) is 12.1 Å². The average molecular weight is 171 g/mol. The summed E-state index contributed by atoms with van der Waals surface area (Å²) >= 11 is 4.11. The molecule has 0 radical (unpaired) electrons. The van der Waals surface area contributed by atoms with Crippen LogP contribution in [0.25, 0.3) is 0 Å². The van der Waals surface area contributed by atoms with E-state index in [2.05, 4.69) is 17.9 Å². The van der Waals surface area contributed by atoms with Crippen LogP contribution in [0.1, 0.15) is 12.2 Å². The fourth-order valence-electron chi connectivity index (χ4n) is 0.829. The van der Waals surface area contributed by atoms with Gasteiger partial charge in [0, 0.05) is 0 Å². The van der Waals surface area contributed by atoms with Crippen LogP contribution in [-0.2, 0) is 6.54 Å². The molecule has 2 nitrogen and oxygen atoms in total. The topological polar surface area (TPSA) is 25.2 Å². The quantitative estimate of drug-likeness (QED) is 0.520. The maximum atomic E-state index is 5.13. The van der Waals surface area contributed by atoms with E-state index in [0.29, 0.717) is 0 Å². The summed E-state index contributed by atoms with van der Waals surface area (Å²) in [4.78, 5) is 0. The first kappa shape index (κ1) is 8.68. The van der Waals surface area contributed by atoms with E-state index in [-0.39, 0.29) is 0 Å². The number of nitrogens with one attached hydrogen (secondary N) is 1. The van der Waals surface area contributed by atoms with Gasteiger partial charge in [0.1, 0.15) is 5.76 Å². The third-order valence-corrected chi connectivity index (χ3v) is 1.71. The molecule has 1 rings (SSSR count). The molecule has 0 bridgehead atoms. The molecule has 0 aromatic carbocycles. The lowest BCUT2D eigenvalue weighted by molar-refractivity contribution is 0.483. The van der Waals surface area contributed by atoms with E-state index in [0.717, 1.165) is 31.0 Å². The summed E-state index contributed by atoms with van der Waals surface area (Å²) in [6.07, 6.45) is 2.79. The van der Waals surface area contributed by atoms with Crippen molar-refractivity contribution in [3.8, 4) is 0 Å². The van der Waals surface area contributed by atoms with Crippen LogP contribution >= 0.6 is 12.6 Å². The Hall–Kier alpha value is -0.410. The second-order valence-corrected chi connectivity index (χ2v) is 2.78. The molecule has 0 unspecified atom stereocenters. The summed E-state index contributed by atoms with van der Waals surface area (Å²) in [6.45, 7) is 1.82. The maximum Gasteiger partial charge on any atom is 0.117 e. The molecule has 0 aliphatic rings. The van der Waals surface area contributed by atoms with Crippen LogP contribution in [0, 0.1) is 0 Å². The Balaban J connectivity index is 2.04. The fourth-order valence-corrected chi connectivity index (χ4v) is 0.987. The van der Waals surface area contributed by atoms with E-state index in [9.17, 15) is 0 Å². The molecule has 3 heteroatoms. The average Bonchev–Trinajstić information content (AvgIpc) is 2.50. The molecule has 1 N–H and O–H groups in total. The van der Waals surface area contributed by atoms with Crippen LogP contribution in [-0.4, -0.2) is 12.3 Å². The van der Waals surface area contributed by atoms with Gasteiger partial charge in [0.15, 0.2) is 0 Å². The van der Waals surface area contributed by atoms with Crippen LogP contribution in [0.2, 0.25) is 0 Å². The van der Waals surface area contributed by atoms with E-state index < -0.39 is 0 Å². The van der Waals surface area contributed by atoms with Gasteiger partial charge in [0.05, 0.1) is 12.8 Å². The first-order valence-electron chi connectivity index (χ1n) is 3.77. The second-order valence-electron chi connectivity index (χ2n) is 2.33. The van der Waals surface area contributed by atoms with Gasteiger partial charge < -0.3 is 9.73 Å². The zero-order chi connectivity index (χ0) is 7.94. The molecule has 0 amide bonds. The highest BCUT2D eigenvalue weighted by Gasteiger charge is 1.92. The van der Waals surface area contributed by atoms with Gasteiger partial charge in [-0.3, -0.25) is 0 Å². The molecule has 0 spiro atoms. The third kappa shape index (κ3) is 3.49. The summed E-state index contributed by atoms with van der Waals surface area (Å²) < 4.78 is 5.13. The minimum atomic E-state index is 0.820. The summed E-state index contributed by atoms with van der Waals surface area (Å²) in [5.41, 5.74) is 0. The minimum absolute atomic E-state index is 0.820. The van der Waals surface area contributed by atoms with Crippen LogP contribution in [0.4, 0.5) is 0 Å². The van der Waals surface area contributed by atoms with Crippen LogP contribution < -0.4 is 5.32 Å². The molecule has 0 aliphatic heterocycles. The molecule has 1 aromatic heterocycles. The zero-order valence-electron chi connectivity index (χ0n) is 6.42. The number of hydrogen-bond acceptors (Lipinski definition) is 3. The highest BCUT2D eigenvalue weighted by atomic mass is 32.1. The Morgan fingerprint density at radius 1 is 1.55 bits per heavy atom. The van der Waals surface area contributed by atoms with Crippen molar-refractivity contribution in [2.75, 3.05) is 12.3 Å². The van der Waals surface area contributed by atoms with Crippen LogP contribution in [0.5, 0.6) is 0 Å². The van der Waals surface area contributed by atoms with Crippen LogP contribution in [0.3, 0.4) is 0 Å². The van der Waals surface area contributed by atoms with Gasteiger partial charge in [-0.15, -0.1) is 0 Å². The second kappa shape index (κ2) is 5.27. The van der Waals surface area contributed by atoms with E-state index >= 15 is 0 Å². The van der Waals surface area contributed by atoms with Gasteiger partial charge in [-0.2, -0.15) is 12.6 Å². The number of hydrogen-bond donors (Lipinski definition) is 2. The van der Waals surface area contributed by atoms with Gasteiger partial charge >= 0.3 is 0 Å². The first-order chi connectivity index (χ1) is 5.43. The molecule has 0 saturated heterocycles. The van der Waals surface area contributed by atoms with Gasteiger partial charge in [0.2, 0.25) is 0 Å². The van der Waals surface area contributed by atoms with Crippen molar-refractivity contribution < 1.29 is 4.42 Å². The predicted octanol–water partition coefficient (Wildman–Crippen LogP) is 1.69. The van der Waals surface area contributed by atoms with E-state index in [1.165, 1.54) is 0 Å². The largest absolute Gasteiger partial charge is 0.468 e. The number of rotatable bonds is 5. The molecule has 0 aliphatic carbocycles. The van der Waals surface area contributed by atoms with Gasteiger partial charge in [-0.05, 0) is 30.9 Å². The Morgan fingerprint density at radius 3 is 3.09 bits per heavy atom. The van der Waals surface area contributed by atoms with Crippen LogP contribution in [0.15, 0.2) is 22.8 Å². The maximum absolute atomic E-state index is 5.13. The first-order valence-corrected chi connectivity index (χ1v) is 4.40. The van der Waals surface area contributed by atoms with Gasteiger partial charge in [0.25, 0.3) is 0 Å². The molecule has 62 valence electrons. The lowest BCUT2D eigenvalue weighted by atomic mass is 10.4. The Labute approximate surface area is 72.4 Å². The molecule has 1 heterocycles. The smallest absolute Gasteiger partial charge is 0.117 e. The zero-order valence-corrected chi connectivity index (χ0v) is 7.31. The molecule has 0 saturated carbocycles. The van der Waals surface area contributed by atoms with Crippen molar-refractivity contribution in [1.82, 2.24) is 5.32 Å². The van der Waals surface area contributed by atoms with Crippen molar-refractivity contribution in [3.63, 3.8) is 0 Å². The van der Waals surface area contributed by atoms with Crippen molar-refractivity contribution in [2.24, 2.45) is 0 Å². The molecule has 0 fully saturated rings. The molecular formula is C8H13NOS. The van der Waals surface area contributed by atoms with Crippen molar-refractivity contribution in [3.05, 3.63) is 24.2 Å². The normalized spacial score (nSPS) is 10.3. The lowest BCUT2D eigenvalue weighted by Gasteiger charge is -1.98. The fraction of sp³-hybridized carbons (Fsp3) is 0.500. The van der Waals surface area contributed by atoms with Crippen molar-refractivity contribution in [1.29, 1.82) is 0 Å². The monoisotopic (exact) mass is 171 g/mol. The predicted molar refractivity (Wildman–Crippen MR) is 48.9 cm³/mol. The van der Waals surface area contributed by atoms with E-state index in [1.54, 1.807) is 6.26 Å². The Morgan fingerprint density at radius 2 is 2.45 bits per heavy atom.